The molecule has 2 fully saturated rings. The minimum absolute atomic E-state index is 0.00496. The molecule has 0 saturated carbocycles. The van der Waals surface area contributed by atoms with Gasteiger partial charge in [0.05, 0.1) is 57.5 Å². The lowest BCUT2D eigenvalue weighted by atomic mass is 10.0. The molecule has 0 unspecified atom stereocenters. The number of thiocarbonyl (C=S) groups is 2. The molecular weight excluding hydrogens is 689 g/mol. The number of hydrogen-bond acceptors (Lipinski definition) is 10. The molecule has 2 aromatic rings. The van der Waals surface area contributed by atoms with Gasteiger partial charge in [0, 0.05) is 37.4 Å². The van der Waals surface area contributed by atoms with Crippen molar-refractivity contribution >= 4 is 98.1 Å². The Bertz CT molecular complexity index is 1520. The maximum atomic E-state index is 13.6. The fraction of sp³-hybridized carbons (Fsp3) is 0.412. The molecule has 0 aromatic heterocycles. The van der Waals surface area contributed by atoms with Crippen LogP contribution in [0.4, 0.5) is 5.69 Å². The fourth-order valence-electron chi connectivity index (χ4n) is 5.44. The van der Waals surface area contributed by atoms with Crippen molar-refractivity contribution in [1.82, 2.24) is 15.1 Å². The van der Waals surface area contributed by atoms with Crippen molar-refractivity contribution in [3.63, 3.8) is 0 Å². The first kappa shape index (κ1) is 36.1. The van der Waals surface area contributed by atoms with Crippen molar-refractivity contribution in [2.45, 2.75) is 38.3 Å². The Morgan fingerprint density at radius 2 is 1.25 bits per heavy atom. The Balaban J connectivity index is 1.15. The van der Waals surface area contributed by atoms with E-state index in [1.807, 2.05) is 54.6 Å². The number of nitrogens with zero attached hydrogens (tertiary/aromatic N) is 3. The van der Waals surface area contributed by atoms with Crippen molar-refractivity contribution in [2.75, 3.05) is 55.9 Å². The maximum absolute atomic E-state index is 13.6. The van der Waals surface area contributed by atoms with Crippen LogP contribution in [-0.4, -0.2) is 99.1 Å². The van der Waals surface area contributed by atoms with E-state index in [-0.39, 0.29) is 75.7 Å². The molecule has 3 aliphatic rings. The Morgan fingerprint density at radius 3 is 1.85 bits per heavy atom. The number of rotatable bonds is 14. The van der Waals surface area contributed by atoms with E-state index >= 15 is 0 Å². The predicted molar refractivity (Wildman–Crippen MR) is 199 cm³/mol. The number of para-hydroxylation sites is 1. The van der Waals surface area contributed by atoms with E-state index in [4.69, 9.17) is 33.9 Å². The molecule has 10 nitrogen and oxygen atoms in total. The van der Waals surface area contributed by atoms with E-state index in [1.165, 1.54) is 23.5 Å². The highest BCUT2D eigenvalue weighted by Crippen LogP contribution is 2.29. The van der Waals surface area contributed by atoms with Gasteiger partial charge in [0.2, 0.25) is 23.6 Å². The molecule has 1 N–H and O–H groups in total. The minimum atomic E-state index is -0.552. The first-order valence-electron chi connectivity index (χ1n) is 15.8. The Labute approximate surface area is 299 Å². The van der Waals surface area contributed by atoms with E-state index < -0.39 is 6.04 Å². The number of amides is 4. The van der Waals surface area contributed by atoms with Crippen LogP contribution in [0, 0.1) is 0 Å². The van der Waals surface area contributed by atoms with Crippen LogP contribution >= 0.6 is 48.0 Å². The van der Waals surface area contributed by atoms with E-state index in [0.717, 1.165) is 33.9 Å². The van der Waals surface area contributed by atoms with Crippen LogP contribution in [-0.2, 0) is 35.2 Å². The average molecular weight is 727 g/mol. The molecule has 0 spiro atoms. The van der Waals surface area contributed by atoms with Gasteiger partial charge < -0.3 is 19.7 Å². The molecule has 48 heavy (non-hydrogen) atoms. The van der Waals surface area contributed by atoms with Gasteiger partial charge in [0.25, 0.3) is 0 Å². The first-order valence-corrected chi connectivity index (χ1v) is 18.6. The first-order chi connectivity index (χ1) is 23.3. The van der Waals surface area contributed by atoms with Crippen molar-refractivity contribution in [3.8, 4) is 0 Å². The number of hydrogen-bond donors (Lipinski definition) is 1. The third-order valence-corrected chi connectivity index (χ3v) is 10.8. The van der Waals surface area contributed by atoms with Crippen LogP contribution in [0.2, 0.25) is 0 Å². The molecule has 3 heterocycles. The summed E-state index contributed by atoms with van der Waals surface area (Å²) in [7, 11) is 0. The zero-order valence-electron chi connectivity index (χ0n) is 26.5. The van der Waals surface area contributed by atoms with Gasteiger partial charge >= 0.3 is 0 Å². The summed E-state index contributed by atoms with van der Waals surface area (Å²) in [5.74, 6) is 0.895. The highest BCUT2D eigenvalue weighted by atomic mass is 32.2. The van der Waals surface area contributed by atoms with Crippen molar-refractivity contribution in [3.05, 3.63) is 65.2 Å². The second kappa shape index (κ2) is 18.0. The Morgan fingerprint density at radius 1 is 0.708 bits per heavy atom. The van der Waals surface area contributed by atoms with Crippen molar-refractivity contribution in [1.29, 1.82) is 0 Å². The number of ether oxygens (including phenoxy) is 2. The van der Waals surface area contributed by atoms with Crippen molar-refractivity contribution in [2.24, 2.45) is 0 Å². The number of fused-ring (bicyclic) bond motifs is 2. The number of thioether (sulfide) groups is 2. The zero-order valence-corrected chi connectivity index (χ0v) is 29.7. The van der Waals surface area contributed by atoms with E-state index in [1.54, 1.807) is 14.7 Å². The van der Waals surface area contributed by atoms with Crippen LogP contribution in [0.5, 0.6) is 0 Å². The summed E-state index contributed by atoms with van der Waals surface area (Å²) < 4.78 is 12.7. The highest BCUT2D eigenvalue weighted by Gasteiger charge is 2.26. The quantitative estimate of drug-likeness (QED) is 0.221. The molecule has 5 rings (SSSR count). The van der Waals surface area contributed by atoms with Crippen molar-refractivity contribution < 1.29 is 28.7 Å². The van der Waals surface area contributed by atoms with Crippen LogP contribution < -0.4 is 10.2 Å². The van der Waals surface area contributed by atoms with Crippen LogP contribution in [0.3, 0.4) is 0 Å². The third-order valence-electron chi connectivity index (χ3n) is 7.97. The summed E-state index contributed by atoms with van der Waals surface area (Å²) in [6.45, 7) is 2.08. The molecule has 0 atom stereocenters. The van der Waals surface area contributed by atoms with Gasteiger partial charge in [-0.25, -0.2) is 0 Å². The second-order valence-electron chi connectivity index (χ2n) is 11.3. The van der Waals surface area contributed by atoms with E-state index in [9.17, 15) is 19.2 Å². The zero-order chi connectivity index (χ0) is 33.9. The molecular formula is C34H38N4O6S4. The topological polar surface area (TPSA) is 108 Å². The lowest BCUT2D eigenvalue weighted by Gasteiger charge is -2.27. The highest BCUT2D eigenvalue weighted by molar-refractivity contribution is 8.23. The van der Waals surface area contributed by atoms with E-state index in [0.29, 0.717) is 28.3 Å². The SMILES string of the molecule is O=C(CCC(=O)N1Cc2ccccc2C=Cc2ccccc21)NC(COCCC(=O)N1CCSC1=S)COCCC(=O)N1CCSC1=S. The number of anilines is 1. The molecule has 4 amide bonds. The van der Waals surface area contributed by atoms with Crippen LogP contribution in [0.25, 0.3) is 12.2 Å². The molecule has 0 aliphatic carbocycles. The molecule has 2 aromatic carbocycles. The molecule has 3 aliphatic heterocycles. The molecule has 14 heteroatoms. The number of benzene rings is 2. The standard InChI is InChI=1S/C34H38N4O6S4/c39-29(11-12-30(40)38-21-26-7-2-1-5-24(26)9-10-25-6-3-4-8-28(25)38)35-27(22-43-17-13-31(41)36-15-19-47-33(36)45)23-44-18-14-32(42)37-16-20-48-34(37)46/h1-10,27H,11-23H2,(H,35,39). The monoisotopic (exact) mass is 726 g/mol. The Hall–Kier alpha value is -3.14. The Kier molecular flexibility index (Phi) is 13.6. The lowest BCUT2D eigenvalue weighted by Crippen LogP contribution is -2.42. The van der Waals surface area contributed by atoms with Gasteiger partial charge in [0.1, 0.15) is 8.64 Å². The lowest BCUT2D eigenvalue weighted by molar-refractivity contribution is -0.129. The van der Waals surface area contributed by atoms with Gasteiger partial charge in [-0.05, 0) is 22.8 Å². The summed E-state index contributed by atoms with van der Waals surface area (Å²) in [4.78, 5) is 56.7. The minimum Gasteiger partial charge on any atom is -0.379 e. The van der Waals surface area contributed by atoms with Crippen LogP contribution in [0.15, 0.2) is 48.5 Å². The molecule has 2 saturated heterocycles. The number of carbonyl (C=O) groups excluding carboxylic acids is 4. The predicted octanol–water partition coefficient (Wildman–Crippen LogP) is 4.50. The molecule has 254 valence electrons. The fourth-order valence-corrected chi connectivity index (χ4v) is 7.92. The summed E-state index contributed by atoms with van der Waals surface area (Å²) in [5.41, 5.74) is 3.77. The molecule has 0 radical (unpaired) electrons. The largest absolute Gasteiger partial charge is 0.379 e. The second-order valence-corrected chi connectivity index (χ2v) is 14.8. The van der Waals surface area contributed by atoms with Gasteiger partial charge in [-0.3, -0.25) is 29.0 Å². The van der Waals surface area contributed by atoms with Crippen LogP contribution in [0.1, 0.15) is 42.4 Å². The summed E-state index contributed by atoms with van der Waals surface area (Å²) in [5, 5.41) is 2.92. The summed E-state index contributed by atoms with van der Waals surface area (Å²) >= 11 is 13.4. The van der Waals surface area contributed by atoms with E-state index in [2.05, 4.69) is 11.4 Å². The van der Waals surface area contributed by atoms with Gasteiger partial charge in [0.15, 0.2) is 0 Å². The molecule has 0 bridgehead atoms. The van der Waals surface area contributed by atoms with Gasteiger partial charge in [-0.15, -0.1) is 0 Å². The summed E-state index contributed by atoms with van der Waals surface area (Å²) in [6, 6.07) is 15.1. The number of carbonyl (C=O) groups is 4. The van der Waals surface area contributed by atoms with Gasteiger partial charge in [-0.1, -0.05) is 103 Å². The summed E-state index contributed by atoms with van der Waals surface area (Å²) in [6.07, 6.45) is 4.35. The average Bonchev–Trinajstić information content (AvgIpc) is 3.72. The number of nitrogens with one attached hydrogen (secondary N) is 1. The smallest absolute Gasteiger partial charge is 0.230 e. The van der Waals surface area contributed by atoms with Gasteiger partial charge in [-0.2, -0.15) is 0 Å². The normalized spacial score (nSPS) is 15.7. The maximum Gasteiger partial charge on any atom is 0.230 e. The third kappa shape index (κ3) is 9.95.